The van der Waals surface area contributed by atoms with E-state index in [1.807, 2.05) is 13.1 Å². The average molecular weight is 316 g/mol. The van der Waals surface area contributed by atoms with Crippen LogP contribution in [0.25, 0.3) is 0 Å². The molecule has 5 heteroatoms. The van der Waals surface area contributed by atoms with E-state index in [1.165, 1.54) is 5.56 Å². The number of hydrogen-bond acceptors (Lipinski definition) is 5. The molecule has 0 amide bonds. The topological polar surface area (TPSA) is 65.0 Å². The van der Waals surface area contributed by atoms with Crippen molar-refractivity contribution in [2.75, 3.05) is 20.6 Å². The fourth-order valence-electron chi connectivity index (χ4n) is 6.05. The molecule has 124 valence electrons. The minimum Gasteiger partial charge on any atom is -0.504 e. The van der Waals surface area contributed by atoms with E-state index >= 15 is 0 Å². The highest BCUT2D eigenvalue weighted by Crippen LogP contribution is 2.65. The van der Waals surface area contributed by atoms with Crippen molar-refractivity contribution >= 4 is 0 Å². The first-order valence-electron chi connectivity index (χ1n) is 8.65. The summed E-state index contributed by atoms with van der Waals surface area (Å²) in [6.45, 7) is 0.956. The van der Waals surface area contributed by atoms with E-state index in [0.29, 0.717) is 5.75 Å². The van der Waals surface area contributed by atoms with Crippen molar-refractivity contribution in [2.45, 2.75) is 54.9 Å². The van der Waals surface area contributed by atoms with Gasteiger partial charge in [0.1, 0.15) is 6.10 Å². The predicted molar refractivity (Wildman–Crippen MR) is 86.0 cm³/mol. The maximum Gasteiger partial charge on any atom is 0.165 e. The summed E-state index contributed by atoms with van der Waals surface area (Å²) in [4.78, 5) is 2.32. The summed E-state index contributed by atoms with van der Waals surface area (Å²) in [5.74, 6) is 0.832. The van der Waals surface area contributed by atoms with Gasteiger partial charge in [0.15, 0.2) is 11.5 Å². The normalized spacial score (nSPS) is 43.9. The van der Waals surface area contributed by atoms with Gasteiger partial charge in [-0.25, -0.2) is 0 Å². The number of nitrogens with zero attached hydrogens (tertiary/aromatic N) is 1. The molecule has 23 heavy (non-hydrogen) atoms. The van der Waals surface area contributed by atoms with Gasteiger partial charge in [-0.15, -0.1) is 0 Å². The molecule has 2 bridgehead atoms. The second kappa shape index (κ2) is 4.21. The van der Waals surface area contributed by atoms with Crippen LogP contribution in [0.2, 0.25) is 0 Å². The summed E-state index contributed by atoms with van der Waals surface area (Å²) in [7, 11) is 4.09. The minimum atomic E-state index is -0.774. The smallest absolute Gasteiger partial charge is 0.165 e. The fourth-order valence-corrected chi connectivity index (χ4v) is 6.05. The van der Waals surface area contributed by atoms with Crippen LogP contribution in [0.3, 0.4) is 0 Å². The molecule has 0 radical (unpaired) electrons. The molecule has 1 aromatic carbocycles. The number of rotatable bonds is 1. The first-order valence-corrected chi connectivity index (χ1v) is 8.65. The number of aromatic hydroxyl groups is 1. The molecule has 2 aliphatic heterocycles. The first kappa shape index (κ1) is 14.1. The van der Waals surface area contributed by atoms with Crippen molar-refractivity contribution < 1.29 is 14.9 Å². The summed E-state index contributed by atoms with van der Waals surface area (Å²) >= 11 is 0. The molecular formula is C18H24N2O3. The van der Waals surface area contributed by atoms with Gasteiger partial charge in [-0.1, -0.05) is 6.07 Å². The number of piperidine rings is 1. The lowest BCUT2D eigenvalue weighted by atomic mass is 9.48. The Morgan fingerprint density at radius 2 is 2.17 bits per heavy atom. The van der Waals surface area contributed by atoms with Gasteiger partial charge in [-0.2, -0.15) is 0 Å². The van der Waals surface area contributed by atoms with Crippen molar-refractivity contribution in [3.63, 3.8) is 0 Å². The van der Waals surface area contributed by atoms with Crippen LogP contribution in [0, 0.1) is 0 Å². The molecule has 1 aromatic rings. The minimum absolute atomic E-state index is 0.107. The molecule has 2 aliphatic carbocycles. The van der Waals surface area contributed by atoms with Crippen LogP contribution in [0.4, 0.5) is 0 Å². The Hall–Kier alpha value is -1.30. The molecule has 4 aliphatic rings. The number of ether oxygens (including phenoxy) is 1. The Kier molecular flexibility index (Phi) is 2.57. The van der Waals surface area contributed by atoms with E-state index in [1.54, 1.807) is 6.07 Å². The summed E-state index contributed by atoms with van der Waals surface area (Å²) in [6, 6.07) is 4.10. The van der Waals surface area contributed by atoms with Crippen molar-refractivity contribution in [2.24, 2.45) is 0 Å². The number of likely N-dealkylation sites (N-methyl/N-ethyl adjacent to an activating group) is 2. The maximum atomic E-state index is 11.9. The second-order valence-corrected chi connectivity index (χ2v) is 7.77. The standard InChI is InChI=1S/C18H24N2O3/c1-19-11-5-6-18(22)13-9-10-3-4-12(21)15-14(10)17(18,16(11)23-15)7-8-20(13)2/h3-4,11,13,16,19,21-22H,5-9H2,1-2H3/t11?,13?,16-,17-,18+/m0/s1. The van der Waals surface area contributed by atoms with Crippen LogP contribution < -0.4 is 10.1 Å². The van der Waals surface area contributed by atoms with E-state index in [9.17, 15) is 10.2 Å². The highest BCUT2D eigenvalue weighted by Gasteiger charge is 2.72. The molecule has 3 N–H and O–H groups in total. The summed E-state index contributed by atoms with van der Waals surface area (Å²) in [6.07, 6.45) is 3.28. The number of phenolic OH excluding ortho intramolecular Hbond substituents is 1. The van der Waals surface area contributed by atoms with Crippen LogP contribution in [0.5, 0.6) is 11.5 Å². The van der Waals surface area contributed by atoms with Gasteiger partial charge in [0.25, 0.3) is 0 Å². The van der Waals surface area contributed by atoms with Crippen LogP contribution in [-0.2, 0) is 11.8 Å². The van der Waals surface area contributed by atoms with Crippen molar-refractivity contribution in [1.82, 2.24) is 10.2 Å². The molecule has 1 saturated carbocycles. The van der Waals surface area contributed by atoms with E-state index in [0.717, 1.165) is 37.8 Å². The molecule has 2 fully saturated rings. The molecule has 1 spiro atoms. The van der Waals surface area contributed by atoms with Crippen LogP contribution in [-0.4, -0.2) is 59.5 Å². The lowest BCUT2D eigenvalue weighted by Gasteiger charge is -2.63. The lowest BCUT2D eigenvalue weighted by Crippen LogP contribution is -2.77. The summed E-state index contributed by atoms with van der Waals surface area (Å²) in [5.41, 5.74) is 1.16. The Labute approximate surface area is 136 Å². The molecule has 5 rings (SSSR count). The second-order valence-electron chi connectivity index (χ2n) is 7.77. The highest BCUT2D eigenvalue weighted by molar-refractivity contribution is 5.62. The van der Waals surface area contributed by atoms with Crippen LogP contribution >= 0.6 is 0 Å². The van der Waals surface area contributed by atoms with Crippen molar-refractivity contribution in [1.29, 1.82) is 0 Å². The Morgan fingerprint density at radius 1 is 1.35 bits per heavy atom. The van der Waals surface area contributed by atoms with E-state index in [4.69, 9.17) is 4.74 Å². The number of hydrogen-bond donors (Lipinski definition) is 3. The van der Waals surface area contributed by atoms with Gasteiger partial charge in [0, 0.05) is 17.6 Å². The molecule has 2 heterocycles. The Balaban J connectivity index is 1.83. The fraction of sp³-hybridized carbons (Fsp3) is 0.667. The van der Waals surface area contributed by atoms with E-state index < -0.39 is 11.0 Å². The monoisotopic (exact) mass is 316 g/mol. The molecule has 2 unspecified atom stereocenters. The molecular weight excluding hydrogens is 292 g/mol. The highest BCUT2D eigenvalue weighted by atomic mass is 16.5. The van der Waals surface area contributed by atoms with E-state index in [2.05, 4.69) is 17.3 Å². The van der Waals surface area contributed by atoms with Gasteiger partial charge >= 0.3 is 0 Å². The van der Waals surface area contributed by atoms with Gasteiger partial charge in [0.05, 0.1) is 11.0 Å². The molecule has 1 saturated heterocycles. The molecule has 5 nitrogen and oxygen atoms in total. The van der Waals surface area contributed by atoms with Gasteiger partial charge in [0.2, 0.25) is 0 Å². The Bertz CT molecular complexity index is 693. The number of aliphatic hydroxyl groups is 1. The van der Waals surface area contributed by atoms with Crippen molar-refractivity contribution in [3.05, 3.63) is 23.3 Å². The van der Waals surface area contributed by atoms with Gasteiger partial charge < -0.3 is 25.2 Å². The third-order valence-corrected chi connectivity index (χ3v) is 7.10. The first-order chi connectivity index (χ1) is 11.0. The molecule has 5 atom stereocenters. The number of benzene rings is 1. The van der Waals surface area contributed by atoms with Crippen molar-refractivity contribution in [3.8, 4) is 11.5 Å². The van der Waals surface area contributed by atoms with Gasteiger partial charge in [-0.05, 0) is 58.0 Å². The largest absolute Gasteiger partial charge is 0.504 e. The zero-order chi connectivity index (χ0) is 16.0. The van der Waals surface area contributed by atoms with Crippen LogP contribution in [0.1, 0.15) is 30.4 Å². The molecule has 0 aromatic heterocycles. The third-order valence-electron chi connectivity index (χ3n) is 7.10. The van der Waals surface area contributed by atoms with E-state index in [-0.39, 0.29) is 23.9 Å². The zero-order valence-corrected chi connectivity index (χ0v) is 13.7. The Morgan fingerprint density at radius 3 is 2.96 bits per heavy atom. The quantitative estimate of drug-likeness (QED) is 0.714. The summed E-state index contributed by atoms with van der Waals surface area (Å²) in [5, 5.41) is 25.6. The third kappa shape index (κ3) is 1.37. The number of nitrogens with one attached hydrogen (secondary N) is 1. The van der Waals surface area contributed by atoms with Gasteiger partial charge in [-0.3, -0.25) is 0 Å². The van der Waals surface area contributed by atoms with Crippen LogP contribution in [0.15, 0.2) is 12.1 Å². The summed E-state index contributed by atoms with van der Waals surface area (Å²) < 4.78 is 6.32. The number of phenols is 1. The SMILES string of the molecule is CNC1CC[C@@]2(O)C3Cc4ccc(O)c5c4[C@@]2(CCN3C)[C@H]1O5. The maximum absolute atomic E-state index is 11.9. The zero-order valence-electron chi connectivity index (χ0n) is 13.7. The average Bonchev–Trinajstić information content (AvgIpc) is 2.89. The predicted octanol–water partition coefficient (Wildman–Crippen LogP) is 0.764. The lowest BCUT2D eigenvalue weighted by molar-refractivity contribution is -0.186. The number of likely N-dealkylation sites (tertiary alicyclic amines) is 1.